The van der Waals surface area contributed by atoms with E-state index < -0.39 is 0 Å². The van der Waals surface area contributed by atoms with Crippen LogP contribution in [0.2, 0.25) is 0 Å². The van der Waals surface area contributed by atoms with Crippen LogP contribution >= 0.6 is 0 Å². The van der Waals surface area contributed by atoms with Crippen molar-refractivity contribution in [3.05, 3.63) is 0 Å². The fourth-order valence-electron chi connectivity index (χ4n) is 2.42. The van der Waals surface area contributed by atoms with Crippen LogP contribution < -0.4 is 5.32 Å². The molecule has 1 atom stereocenters. The summed E-state index contributed by atoms with van der Waals surface area (Å²) >= 11 is 0. The highest BCUT2D eigenvalue weighted by Gasteiger charge is 2.35. The summed E-state index contributed by atoms with van der Waals surface area (Å²) < 4.78 is 6.00. The van der Waals surface area contributed by atoms with Gasteiger partial charge in [-0.1, -0.05) is 13.8 Å². The quantitative estimate of drug-likeness (QED) is 0.794. The minimum Gasteiger partial charge on any atom is -0.360 e. The molecule has 2 aliphatic heterocycles. The van der Waals surface area contributed by atoms with Crippen molar-refractivity contribution in [2.24, 2.45) is 5.41 Å². The van der Waals surface area contributed by atoms with Crippen molar-refractivity contribution >= 4 is 0 Å². The first-order chi connectivity index (χ1) is 7.49. The Morgan fingerprint density at radius 1 is 1.19 bits per heavy atom. The van der Waals surface area contributed by atoms with Crippen molar-refractivity contribution in [1.29, 1.82) is 0 Å². The van der Waals surface area contributed by atoms with Crippen molar-refractivity contribution in [3.63, 3.8) is 0 Å². The van der Waals surface area contributed by atoms with Gasteiger partial charge in [0.15, 0.2) is 0 Å². The van der Waals surface area contributed by atoms with Crippen LogP contribution in [0.5, 0.6) is 0 Å². The van der Waals surface area contributed by atoms with Gasteiger partial charge in [-0.25, -0.2) is 0 Å². The molecule has 3 nitrogen and oxygen atoms in total. The molecule has 0 radical (unpaired) electrons. The summed E-state index contributed by atoms with van der Waals surface area (Å²) in [6.45, 7) is 12.4. The maximum absolute atomic E-state index is 6.00. The molecular formula is C13H26N2O. The van der Waals surface area contributed by atoms with E-state index in [0.717, 1.165) is 19.6 Å². The van der Waals surface area contributed by atoms with E-state index in [1.807, 2.05) is 0 Å². The topological polar surface area (TPSA) is 24.5 Å². The van der Waals surface area contributed by atoms with Gasteiger partial charge >= 0.3 is 0 Å². The summed E-state index contributed by atoms with van der Waals surface area (Å²) in [5.41, 5.74) is 0.186. The lowest BCUT2D eigenvalue weighted by atomic mass is 9.91. The van der Waals surface area contributed by atoms with Gasteiger partial charge in [0.1, 0.15) is 5.72 Å². The van der Waals surface area contributed by atoms with Crippen molar-refractivity contribution in [3.8, 4) is 0 Å². The van der Waals surface area contributed by atoms with E-state index in [4.69, 9.17) is 4.74 Å². The molecule has 0 saturated carbocycles. The maximum atomic E-state index is 6.00. The molecule has 0 bridgehead atoms. The van der Waals surface area contributed by atoms with Gasteiger partial charge in [-0.15, -0.1) is 0 Å². The highest BCUT2D eigenvalue weighted by atomic mass is 16.5. The number of nitrogens with one attached hydrogen (secondary N) is 1. The van der Waals surface area contributed by atoms with Gasteiger partial charge in [0, 0.05) is 24.9 Å². The van der Waals surface area contributed by atoms with E-state index in [-0.39, 0.29) is 11.1 Å². The maximum Gasteiger partial charge on any atom is 0.117 e. The van der Waals surface area contributed by atoms with E-state index in [0.29, 0.717) is 0 Å². The van der Waals surface area contributed by atoms with Gasteiger partial charge in [0.05, 0.1) is 6.61 Å². The second kappa shape index (κ2) is 4.63. The SMILES string of the molecule is CC1(C)CNC(C)(CCN2CCCC2)OC1. The molecule has 0 spiro atoms. The van der Waals surface area contributed by atoms with Crippen LogP contribution in [0.1, 0.15) is 40.0 Å². The first kappa shape index (κ1) is 12.3. The number of hydrogen-bond donors (Lipinski definition) is 1. The molecule has 0 aromatic carbocycles. The third kappa shape index (κ3) is 3.19. The zero-order chi connectivity index (χ0) is 11.6. The molecule has 1 unspecified atom stereocenters. The Labute approximate surface area is 99.5 Å². The molecule has 0 aliphatic carbocycles. The second-order valence-corrected chi connectivity index (χ2v) is 6.34. The summed E-state index contributed by atoms with van der Waals surface area (Å²) in [6, 6.07) is 0. The number of likely N-dealkylation sites (tertiary alicyclic amines) is 1. The Morgan fingerprint density at radius 3 is 2.44 bits per heavy atom. The molecule has 2 rings (SSSR count). The molecular weight excluding hydrogens is 200 g/mol. The van der Waals surface area contributed by atoms with E-state index in [2.05, 4.69) is 31.0 Å². The lowest BCUT2D eigenvalue weighted by molar-refractivity contribution is -0.132. The van der Waals surface area contributed by atoms with Crippen LogP contribution in [0.15, 0.2) is 0 Å². The predicted octanol–water partition coefficient (Wildman–Crippen LogP) is 1.83. The van der Waals surface area contributed by atoms with Gasteiger partial charge in [0.2, 0.25) is 0 Å². The van der Waals surface area contributed by atoms with Crippen LogP contribution in [0.3, 0.4) is 0 Å². The highest BCUT2D eigenvalue weighted by Crippen LogP contribution is 2.26. The Morgan fingerprint density at radius 2 is 1.88 bits per heavy atom. The van der Waals surface area contributed by atoms with E-state index in [1.54, 1.807) is 0 Å². The van der Waals surface area contributed by atoms with Crippen molar-refractivity contribution in [2.45, 2.75) is 45.8 Å². The smallest absolute Gasteiger partial charge is 0.117 e. The van der Waals surface area contributed by atoms with Gasteiger partial charge < -0.3 is 9.64 Å². The van der Waals surface area contributed by atoms with Gasteiger partial charge in [-0.3, -0.25) is 5.32 Å². The zero-order valence-corrected chi connectivity index (χ0v) is 11.0. The average Bonchev–Trinajstić information content (AvgIpc) is 2.74. The summed E-state index contributed by atoms with van der Waals surface area (Å²) in [5.74, 6) is 0. The molecule has 2 heterocycles. The molecule has 2 saturated heterocycles. The van der Waals surface area contributed by atoms with Crippen LogP contribution in [0.25, 0.3) is 0 Å². The van der Waals surface area contributed by atoms with Crippen LogP contribution in [0.4, 0.5) is 0 Å². The molecule has 2 fully saturated rings. The van der Waals surface area contributed by atoms with Gasteiger partial charge in [0.25, 0.3) is 0 Å². The van der Waals surface area contributed by atoms with E-state index in [9.17, 15) is 0 Å². The Bertz CT molecular complexity index is 224. The molecule has 2 aliphatic rings. The lowest BCUT2D eigenvalue weighted by Gasteiger charge is -2.43. The first-order valence-electron chi connectivity index (χ1n) is 6.61. The normalized spacial score (nSPS) is 35.4. The van der Waals surface area contributed by atoms with Gasteiger partial charge in [-0.2, -0.15) is 0 Å². The molecule has 1 N–H and O–H groups in total. The summed E-state index contributed by atoms with van der Waals surface area (Å²) in [4.78, 5) is 2.55. The minimum atomic E-state index is -0.0991. The van der Waals surface area contributed by atoms with Crippen LogP contribution in [-0.2, 0) is 4.74 Å². The fraction of sp³-hybridized carbons (Fsp3) is 1.00. The monoisotopic (exact) mass is 226 g/mol. The van der Waals surface area contributed by atoms with Crippen molar-refractivity contribution < 1.29 is 4.74 Å². The largest absolute Gasteiger partial charge is 0.360 e. The number of rotatable bonds is 3. The Hall–Kier alpha value is -0.120. The molecule has 0 amide bonds. The number of ether oxygens (including phenoxy) is 1. The van der Waals surface area contributed by atoms with Crippen LogP contribution in [-0.4, -0.2) is 43.4 Å². The fourth-order valence-corrected chi connectivity index (χ4v) is 2.42. The molecule has 3 heteroatoms. The second-order valence-electron chi connectivity index (χ2n) is 6.34. The highest BCUT2D eigenvalue weighted by molar-refractivity contribution is 4.85. The average molecular weight is 226 g/mol. The first-order valence-corrected chi connectivity index (χ1v) is 6.61. The number of nitrogens with zero attached hydrogens (tertiary/aromatic N) is 1. The van der Waals surface area contributed by atoms with Crippen LogP contribution in [0, 0.1) is 5.41 Å². The van der Waals surface area contributed by atoms with Crippen molar-refractivity contribution in [1.82, 2.24) is 10.2 Å². The minimum absolute atomic E-state index is 0.0991. The Kier molecular flexibility index (Phi) is 3.57. The van der Waals surface area contributed by atoms with E-state index in [1.165, 1.54) is 32.5 Å². The molecule has 0 aromatic rings. The van der Waals surface area contributed by atoms with Crippen molar-refractivity contribution in [2.75, 3.05) is 32.8 Å². The molecule has 16 heavy (non-hydrogen) atoms. The molecule has 0 aromatic heterocycles. The summed E-state index contributed by atoms with van der Waals surface area (Å²) in [7, 11) is 0. The van der Waals surface area contributed by atoms with Gasteiger partial charge in [-0.05, 0) is 32.9 Å². The third-order valence-corrected chi connectivity index (χ3v) is 3.83. The predicted molar refractivity (Wildman–Crippen MR) is 66.4 cm³/mol. The lowest BCUT2D eigenvalue weighted by Crippen LogP contribution is -2.56. The Balaban J connectivity index is 1.75. The number of hydrogen-bond acceptors (Lipinski definition) is 3. The molecule has 94 valence electrons. The zero-order valence-electron chi connectivity index (χ0n) is 11.0. The standard InChI is InChI=1S/C13H26N2O/c1-12(2)10-14-13(3,16-11-12)6-9-15-7-4-5-8-15/h14H,4-11H2,1-3H3. The third-order valence-electron chi connectivity index (χ3n) is 3.83. The van der Waals surface area contributed by atoms with E-state index >= 15 is 0 Å². The summed E-state index contributed by atoms with van der Waals surface area (Å²) in [5, 5.41) is 3.56. The summed E-state index contributed by atoms with van der Waals surface area (Å²) in [6.07, 6.45) is 3.85.